The van der Waals surface area contributed by atoms with Gasteiger partial charge in [0.05, 0.1) is 18.2 Å². The number of aromatic nitrogens is 2. The number of hydrogen-bond acceptors (Lipinski definition) is 4. The van der Waals surface area contributed by atoms with E-state index in [1.54, 1.807) is 0 Å². The van der Waals surface area contributed by atoms with E-state index in [1.165, 1.54) is 5.56 Å². The van der Waals surface area contributed by atoms with Crippen molar-refractivity contribution in [3.8, 4) is 0 Å². The van der Waals surface area contributed by atoms with Crippen molar-refractivity contribution in [2.24, 2.45) is 0 Å². The third-order valence-electron chi connectivity index (χ3n) is 4.89. The monoisotopic (exact) mass is 342 g/mol. The molecule has 134 valence electrons. The Balaban J connectivity index is 1.54. The number of likely N-dealkylation sites (tertiary alicyclic amines) is 1. The van der Waals surface area contributed by atoms with Crippen LogP contribution in [0.2, 0.25) is 0 Å². The average molecular weight is 342 g/mol. The molecule has 1 aromatic carbocycles. The largest absolute Gasteiger partial charge is 0.392 e. The lowest BCUT2D eigenvalue weighted by Gasteiger charge is -2.24. The predicted molar refractivity (Wildman–Crippen MR) is 96.0 cm³/mol. The zero-order valence-corrected chi connectivity index (χ0v) is 14.8. The smallest absolute Gasteiger partial charge is 0.224 e. The maximum atomic E-state index is 12.3. The number of aromatic amines is 1. The third kappa shape index (κ3) is 4.46. The average Bonchev–Trinajstić information content (AvgIpc) is 3.10. The minimum Gasteiger partial charge on any atom is -0.392 e. The Morgan fingerprint density at radius 2 is 2.12 bits per heavy atom. The van der Waals surface area contributed by atoms with Crippen LogP contribution in [0.4, 0.5) is 0 Å². The van der Waals surface area contributed by atoms with Gasteiger partial charge in [0.25, 0.3) is 0 Å². The Labute approximate surface area is 148 Å². The minimum absolute atomic E-state index is 0.00588. The molecule has 1 aromatic heterocycles. The summed E-state index contributed by atoms with van der Waals surface area (Å²) in [5.74, 6) is -0.00588. The van der Waals surface area contributed by atoms with Crippen molar-refractivity contribution in [3.63, 3.8) is 0 Å². The van der Waals surface area contributed by atoms with E-state index in [9.17, 15) is 9.90 Å². The second kappa shape index (κ2) is 7.80. The van der Waals surface area contributed by atoms with Crippen LogP contribution in [-0.4, -0.2) is 51.3 Å². The molecule has 2 heterocycles. The number of aliphatic hydroxyl groups is 1. The fraction of sp³-hybridized carbons (Fsp3) is 0.474. The van der Waals surface area contributed by atoms with E-state index in [1.807, 2.05) is 32.0 Å². The van der Waals surface area contributed by atoms with Gasteiger partial charge >= 0.3 is 0 Å². The fourth-order valence-corrected chi connectivity index (χ4v) is 3.47. The summed E-state index contributed by atoms with van der Waals surface area (Å²) in [6.45, 7) is 5.82. The van der Waals surface area contributed by atoms with E-state index < -0.39 is 0 Å². The van der Waals surface area contributed by atoms with E-state index in [2.05, 4.69) is 32.5 Å². The summed E-state index contributed by atoms with van der Waals surface area (Å²) in [6, 6.07) is 10.4. The van der Waals surface area contributed by atoms with Crippen molar-refractivity contribution in [1.29, 1.82) is 0 Å². The Bertz CT molecular complexity index is 694. The van der Waals surface area contributed by atoms with Crippen LogP contribution < -0.4 is 5.32 Å². The van der Waals surface area contributed by atoms with Crippen molar-refractivity contribution in [2.45, 2.75) is 45.4 Å². The van der Waals surface area contributed by atoms with Crippen LogP contribution in [0.15, 0.2) is 30.3 Å². The lowest BCUT2D eigenvalue weighted by Crippen LogP contribution is -2.40. The predicted octanol–water partition coefficient (Wildman–Crippen LogP) is 1.32. The summed E-state index contributed by atoms with van der Waals surface area (Å²) in [7, 11) is 0. The van der Waals surface area contributed by atoms with Crippen molar-refractivity contribution in [3.05, 3.63) is 52.8 Å². The number of aliphatic hydroxyl groups excluding tert-OH is 1. The van der Waals surface area contributed by atoms with Crippen molar-refractivity contribution >= 4 is 5.91 Å². The van der Waals surface area contributed by atoms with Crippen LogP contribution in [0, 0.1) is 13.8 Å². The van der Waals surface area contributed by atoms with Crippen LogP contribution in [0.25, 0.3) is 0 Å². The summed E-state index contributed by atoms with van der Waals surface area (Å²) in [6.07, 6.45) is 0.697. The third-order valence-corrected chi connectivity index (χ3v) is 4.89. The highest BCUT2D eigenvalue weighted by Gasteiger charge is 2.31. The van der Waals surface area contributed by atoms with Crippen molar-refractivity contribution in [2.75, 3.05) is 13.1 Å². The topological polar surface area (TPSA) is 81.2 Å². The Kier molecular flexibility index (Phi) is 5.50. The van der Waals surface area contributed by atoms with Gasteiger partial charge in [-0.2, -0.15) is 5.10 Å². The van der Waals surface area contributed by atoms with Crippen LogP contribution in [0.3, 0.4) is 0 Å². The normalized spacial score (nSPS) is 20.8. The van der Waals surface area contributed by atoms with Crippen LogP contribution in [0.5, 0.6) is 0 Å². The summed E-state index contributed by atoms with van der Waals surface area (Å²) in [5.41, 5.74) is 3.99. The maximum Gasteiger partial charge on any atom is 0.224 e. The zero-order chi connectivity index (χ0) is 17.8. The summed E-state index contributed by atoms with van der Waals surface area (Å²) in [5, 5.41) is 20.1. The molecule has 0 saturated carbocycles. The number of aryl methyl sites for hydroxylation is 2. The first-order chi connectivity index (χ1) is 12.0. The van der Waals surface area contributed by atoms with Gasteiger partial charge in [-0.15, -0.1) is 0 Å². The highest BCUT2D eigenvalue weighted by atomic mass is 16.3. The molecule has 0 spiro atoms. The molecule has 2 atom stereocenters. The summed E-state index contributed by atoms with van der Waals surface area (Å²) >= 11 is 0. The molecule has 1 fully saturated rings. The summed E-state index contributed by atoms with van der Waals surface area (Å²) < 4.78 is 0. The lowest BCUT2D eigenvalue weighted by molar-refractivity contribution is -0.120. The molecule has 3 N–H and O–H groups in total. The van der Waals surface area contributed by atoms with Crippen LogP contribution in [-0.2, 0) is 17.8 Å². The quantitative estimate of drug-likeness (QED) is 0.740. The number of carbonyl (C=O) groups excluding carboxylic acids is 1. The number of benzene rings is 1. The fourth-order valence-electron chi connectivity index (χ4n) is 3.47. The van der Waals surface area contributed by atoms with E-state index in [0.717, 1.165) is 23.5 Å². The zero-order valence-electron chi connectivity index (χ0n) is 14.8. The molecule has 0 aliphatic carbocycles. The van der Waals surface area contributed by atoms with Gasteiger partial charge in [-0.1, -0.05) is 30.3 Å². The molecule has 0 bridgehead atoms. The van der Waals surface area contributed by atoms with Crippen molar-refractivity contribution in [1.82, 2.24) is 20.4 Å². The van der Waals surface area contributed by atoms with Gasteiger partial charge in [0, 0.05) is 36.9 Å². The molecule has 1 saturated heterocycles. The molecule has 6 nitrogen and oxygen atoms in total. The first kappa shape index (κ1) is 17.6. The first-order valence-electron chi connectivity index (χ1n) is 8.76. The number of nitrogens with zero attached hydrogens (tertiary/aromatic N) is 2. The minimum atomic E-state index is -0.330. The lowest BCUT2D eigenvalue weighted by atomic mass is 10.1. The molecule has 2 unspecified atom stereocenters. The first-order valence-corrected chi connectivity index (χ1v) is 8.76. The number of rotatable bonds is 6. The van der Waals surface area contributed by atoms with Gasteiger partial charge in [-0.05, 0) is 25.8 Å². The number of amides is 1. The highest BCUT2D eigenvalue weighted by Crippen LogP contribution is 2.20. The molecular weight excluding hydrogens is 316 g/mol. The molecule has 1 amide bonds. The molecule has 2 aromatic rings. The van der Waals surface area contributed by atoms with Gasteiger partial charge in [-0.3, -0.25) is 14.8 Å². The number of hydrogen-bond donors (Lipinski definition) is 3. The molecular formula is C19H26N4O2. The molecule has 0 radical (unpaired) electrons. The maximum absolute atomic E-state index is 12.3. The van der Waals surface area contributed by atoms with Crippen molar-refractivity contribution < 1.29 is 9.90 Å². The standard InChI is InChI=1S/C19H26N4O2/c1-13-18(14(2)22-21-13)9-19(25)20-10-16-8-17(24)12-23(16)11-15-6-4-3-5-7-15/h3-7,16-17,24H,8-12H2,1-2H3,(H,20,25)(H,21,22). The molecule has 25 heavy (non-hydrogen) atoms. The Morgan fingerprint density at radius 1 is 1.36 bits per heavy atom. The second-order valence-corrected chi connectivity index (χ2v) is 6.85. The van der Waals surface area contributed by atoms with Gasteiger partial charge in [0.2, 0.25) is 5.91 Å². The number of carbonyl (C=O) groups is 1. The number of nitrogens with one attached hydrogen (secondary N) is 2. The number of H-pyrrole nitrogens is 1. The molecule has 6 heteroatoms. The van der Waals surface area contributed by atoms with Gasteiger partial charge in [0.1, 0.15) is 0 Å². The molecule has 3 rings (SSSR count). The second-order valence-electron chi connectivity index (χ2n) is 6.85. The Hall–Kier alpha value is -2.18. The van der Waals surface area contributed by atoms with Crippen LogP contribution in [0.1, 0.15) is 28.9 Å². The van der Waals surface area contributed by atoms with E-state index in [4.69, 9.17) is 0 Å². The van der Waals surface area contributed by atoms with Gasteiger partial charge in [-0.25, -0.2) is 0 Å². The molecule has 1 aliphatic heterocycles. The number of β-amino-alcohol motifs (C(OH)–C–C–N with tert-alkyl or cyclic N) is 1. The van der Waals surface area contributed by atoms with E-state index in [0.29, 0.717) is 25.9 Å². The summed E-state index contributed by atoms with van der Waals surface area (Å²) in [4.78, 5) is 14.5. The van der Waals surface area contributed by atoms with Crippen LogP contribution >= 0.6 is 0 Å². The van der Waals surface area contributed by atoms with Gasteiger partial charge < -0.3 is 10.4 Å². The van der Waals surface area contributed by atoms with Gasteiger partial charge in [0.15, 0.2) is 0 Å². The Morgan fingerprint density at radius 3 is 2.80 bits per heavy atom. The molecule has 1 aliphatic rings. The van der Waals surface area contributed by atoms with E-state index in [-0.39, 0.29) is 18.1 Å². The highest BCUT2D eigenvalue weighted by molar-refractivity contribution is 5.79. The SMILES string of the molecule is Cc1n[nH]c(C)c1CC(=O)NCC1CC(O)CN1Cc1ccccc1. The van der Waals surface area contributed by atoms with E-state index >= 15 is 0 Å².